The molecule has 2 aromatic heterocycles. The Morgan fingerprint density at radius 3 is 2.59 bits per heavy atom. The highest BCUT2D eigenvalue weighted by Gasteiger charge is 2.27. The Balaban J connectivity index is 1.71. The molecule has 8 nitrogen and oxygen atoms in total. The van der Waals surface area contributed by atoms with E-state index in [9.17, 15) is 14.7 Å². The van der Waals surface area contributed by atoms with E-state index in [2.05, 4.69) is 10.3 Å². The van der Waals surface area contributed by atoms with E-state index in [1.165, 1.54) is 7.11 Å². The zero-order chi connectivity index (χ0) is 22.8. The molecule has 32 heavy (non-hydrogen) atoms. The van der Waals surface area contributed by atoms with Crippen molar-refractivity contribution < 1.29 is 19.4 Å². The molecular formula is C24H28N4O4. The first-order valence-corrected chi connectivity index (χ1v) is 10.9. The number of aryl methyl sites for hydroxylation is 2. The van der Waals surface area contributed by atoms with Gasteiger partial charge < -0.3 is 19.7 Å². The molecule has 1 aliphatic rings. The number of benzene rings is 1. The van der Waals surface area contributed by atoms with Gasteiger partial charge in [-0.15, -0.1) is 0 Å². The number of hydrogen-bond donors (Lipinski definition) is 2. The average Bonchev–Trinajstić information content (AvgIpc) is 3.13. The molecule has 3 aromatic rings. The SMILES string of the molecule is COC(=O)c1cc2nc([C@H]3CC[C@H](CO)CC3)n(C)c2cc1NC(=O)c1cccc(C)n1. The van der Waals surface area contributed by atoms with Crippen molar-refractivity contribution in [1.29, 1.82) is 0 Å². The van der Waals surface area contributed by atoms with Crippen LogP contribution in [0.1, 0.15) is 64.0 Å². The van der Waals surface area contributed by atoms with Gasteiger partial charge in [-0.25, -0.2) is 14.8 Å². The van der Waals surface area contributed by atoms with Crippen LogP contribution in [0.2, 0.25) is 0 Å². The zero-order valence-corrected chi connectivity index (χ0v) is 18.6. The van der Waals surface area contributed by atoms with Crippen LogP contribution in [0.15, 0.2) is 30.3 Å². The van der Waals surface area contributed by atoms with E-state index in [0.717, 1.165) is 42.7 Å². The van der Waals surface area contributed by atoms with Crippen molar-refractivity contribution in [3.8, 4) is 0 Å². The van der Waals surface area contributed by atoms with E-state index in [-0.39, 0.29) is 17.9 Å². The van der Waals surface area contributed by atoms with Crippen LogP contribution in [-0.4, -0.2) is 45.2 Å². The van der Waals surface area contributed by atoms with Crippen molar-refractivity contribution in [1.82, 2.24) is 14.5 Å². The lowest BCUT2D eigenvalue weighted by molar-refractivity contribution is 0.0602. The molecule has 2 N–H and O–H groups in total. The normalized spacial score (nSPS) is 18.5. The topological polar surface area (TPSA) is 106 Å². The van der Waals surface area contributed by atoms with Gasteiger partial charge in [0.05, 0.1) is 29.4 Å². The Labute approximate surface area is 186 Å². The number of carbonyl (C=O) groups is 2. The molecule has 0 spiro atoms. The van der Waals surface area contributed by atoms with Gasteiger partial charge in [0.2, 0.25) is 0 Å². The predicted octanol–water partition coefficient (Wildman–Crippen LogP) is 3.58. The molecule has 0 saturated heterocycles. The minimum atomic E-state index is -0.546. The summed E-state index contributed by atoms with van der Waals surface area (Å²) in [4.78, 5) is 34.3. The number of esters is 1. The van der Waals surface area contributed by atoms with Crippen LogP contribution in [0.25, 0.3) is 11.0 Å². The fourth-order valence-electron chi connectivity index (χ4n) is 4.46. The van der Waals surface area contributed by atoms with Gasteiger partial charge in [-0.3, -0.25) is 4.79 Å². The van der Waals surface area contributed by atoms with Crippen molar-refractivity contribution in [2.24, 2.45) is 13.0 Å². The summed E-state index contributed by atoms with van der Waals surface area (Å²) >= 11 is 0. The fraction of sp³-hybridized carbons (Fsp3) is 0.417. The Morgan fingerprint density at radius 2 is 1.94 bits per heavy atom. The summed E-state index contributed by atoms with van der Waals surface area (Å²) < 4.78 is 6.97. The van der Waals surface area contributed by atoms with E-state index in [4.69, 9.17) is 9.72 Å². The molecule has 4 rings (SSSR count). The molecule has 168 valence electrons. The quantitative estimate of drug-likeness (QED) is 0.592. The lowest BCUT2D eigenvalue weighted by Gasteiger charge is -2.26. The van der Waals surface area contributed by atoms with Crippen LogP contribution in [0.5, 0.6) is 0 Å². The van der Waals surface area contributed by atoms with Crippen LogP contribution >= 0.6 is 0 Å². The number of methoxy groups -OCH3 is 1. The Kier molecular flexibility index (Phi) is 6.23. The highest BCUT2D eigenvalue weighted by atomic mass is 16.5. The average molecular weight is 437 g/mol. The number of fused-ring (bicyclic) bond motifs is 1. The Morgan fingerprint density at radius 1 is 1.19 bits per heavy atom. The Hall–Kier alpha value is -3.26. The van der Waals surface area contributed by atoms with Crippen molar-refractivity contribution in [2.75, 3.05) is 19.0 Å². The summed E-state index contributed by atoms with van der Waals surface area (Å²) in [7, 11) is 3.26. The summed E-state index contributed by atoms with van der Waals surface area (Å²) in [5.74, 6) is 0.671. The van der Waals surface area contributed by atoms with Crippen molar-refractivity contribution in [3.63, 3.8) is 0 Å². The van der Waals surface area contributed by atoms with E-state index < -0.39 is 11.9 Å². The minimum Gasteiger partial charge on any atom is -0.465 e. The fourth-order valence-corrected chi connectivity index (χ4v) is 4.46. The van der Waals surface area contributed by atoms with Gasteiger partial charge in [0.1, 0.15) is 11.5 Å². The van der Waals surface area contributed by atoms with Gasteiger partial charge in [0.25, 0.3) is 5.91 Å². The number of aromatic nitrogens is 3. The molecule has 1 amide bonds. The van der Waals surface area contributed by atoms with Gasteiger partial charge in [-0.2, -0.15) is 0 Å². The molecule has 0 unspecified atom stereocenters. The number of pyridine rings is 1. The van der Waals surface area contributed by atoms with Gasteiger partial charge in [-0.05, 0) is 62.8 Å². The maximum Gasteiger partial charge on any atom is 0.340 e. The highest BCUT2D eigenvalue weighted by molar-refractivity contribution is 6.09. The number of amides is 1. The van der Waals surface area contributed by atoms with Crippen LogP contribution in [0.3, 0.4) is 0 Å². The second-order valence-corrected chi connectivity index (χ2v) is 8.43. The number of nitrogens with zero attached hydrogens (tertiary/aromatic N) is 3. The second-order valence-electron chi connectivity index (χ2n) is 8.43. The van der Waals surface area contributed by atoms with Crippen molar-refractivity contribution in [3.05, 3.63) is 53.1 Å². The third-order valence-electron chi connectivity index (χ3n) is 6.30. The third kappa shape index (κ3) is 4.23. The number of aliphatic hydroxyl groups excluding tert-OH is 1. The molecule has 2 heterocycles. The van der Waals surface area contributed by atoms with Crippen molar-refractivity contribution >= 4 is 28.6 Å². The van der Waals surface area contributed by atoms with E-state index >= 15 is 0 Å². The molecule has 1 fully saturated rings. The highest BCUT2D eigenvalue weighted by Crippen LogP contribution is 2.37. The van der Waals surface area contributed by atoms with Gasteiger partial charge in [-0.1, -0.05) is 6.07 Å². The minimum absolute atomic E-state index is 0.233. The second kappa shape index (κ2) is 9.08. The molecular weight excluding hydrogens is 408 g/mol. The molecule has 1 aromatic carbocycles. The maximum atomic E-state index is 12.8. The number of nitrogens with one attached hydrogen (secondary N) is 1. The first-order chi connectivity index (χ1) is 15.4. The lowest BCUT2D eigenvalue weighted by Crippen LogP contribution is -2.18. The standard InChI is InChI=1S/C24H28N4O4/c1-14-5-4-6-18(25-14)23(30)27-19-12-21-20(11-17(19)24(31)32-3)26-22(28(21)2)16-9-7-15(13-29)8-10-16/h4-6,11-12,15-16,29H,7-10,13H2,1-3H3,(H,27,30)/t15-,16-. The number of hydrogen-bond acceptors (Lipinski definition) is 6. The summed E-state index contributed by atoms with van der Waals surface area (Å²) in [5, 5.41) is 12.2. The largest absolute Gasteiger partial charge is 0.465 e. The summed E-state index contributed by atoms with van der Waals surface area (Å²) in [6, 6.07) is 8.65. The number of ether oxygens (including phenoxy) is 1. The zero-order valence-electron chi connectivity index (χ0n) is 18.6. The summed E-state index contributed by atoms with van der Waals surface area (Å²) in [5.41, 5.74) is 3.11. The van der Waals surface area contributed by atoms with Gasteiger partial charge in [0.15, 0.2) is 0 Å². The molecule has 1 aliphatic carbocycles. The monoisotopic (exact) mass is 436 g/mol. The number of aliphatic hydroxyl groups is 1. The number of carbonyl (C=O) groups excluding carboxylic acids is 2. The first kappa shape index (κ1) is 22.0. The molecule has 0 aliphatic heterocycles. The molecule has 0 radical (unpaired) electrons. The van der Waals surface area contributed by atoms with Crippen LogP contribution in [0.4, 0.5) is 5.69 Å². The predicted molar refractivity (Wildman–Crippen MR) is 121 cm³/mol. The molecule has 0 bridgehead atoms. The number of imidazole rings is 1. The summed E-state index contributed by atoms with van der Waals surface area (Å²) in [6.45, 7) is 2.05. The van der Waals surface area contributed by atoms with E-state index in [1.54, 1.807) is 24.3 Å². The third-order valence-corrected chi connectivity index (χ3v) is 6.30. The van der Waals surface area contributed by atoms with Crippen LogP contribution < -0.4 is 5.32 Å². The van der Waals surface area contributed by atoms with Gasteiger partial charge >= 0.3 is 5.97 Å². The first-order valence-electron chi connectivity index (χ1n) is 10.9. The van der Waals surface area contributed by atoms with E-state index in [0.29, 0.717) is 23.0 Å². The number of anilines is 1. The van der Waals surface area contributed by atoms with Crippen LogP contribution in [-0.2, 0) is 11.8 Å². The summed E-state index contributed by atoms with van der Waals surface area (Å²) in [6.07, 6.45) is 3.88. The maximum absolute atomic E-state index is 12.8. The van der Waals surface area contributed by atoms with E-state index in [1.807, 2.05) is 24.6 Å². The smallest absolute Gasteiger partial charge is 0.340 e. The molecule has 8 heteroatoms. The van der Waals surface area contributed by atoms with Crippen molar-refractivity contribution in [2.45, 2.75) is 38.5 Å². The number of rotatable bonds is 5. The van der Waals surface area contributed by atoms with Crippen LogP contribution in [0, 0.1) is 12.8 Å². The Bertz CT molecular complexity index is 1160. The van der Waals surface area contributed by atoms with Gasteiger partial charge in [0, 0.05) is 25.3 Å². The lowest BCUT2D eigenvalue weighted by atomic mass is 9.82. The molecule has 1 saturated carbocycles. The molecule has 0 atom stereocenters.